The van der Waals surface area contributed by atoms with Crippen LogP contribution in [0.15, 0.2) is 66.7 Å². The lowest BCUT2D eigenvalue weighted by Crippen LogP contribution is -2.38. The van der Waals surface area contributed by atoms with E-state index in [2.05, 4.69) is 41.7 Å². The lowest BCUT2D eigenvalue weighted by Gasteiger charge is -2.18. The average molecular weight is 360 g/mol. The zero-order chi connectivity index (χ0) is 18.6. The van der Waals surface area contributed by atoms with Crippen molar-refractivity contribution < 1.29 is 9.53 Å². The monoisotopic (exact) mass is 360 g/mol. The molecule has 138 valence electrons. The number of benzene rings is 3. The topological polar surface area (TPSA) is 41.6 Å². The largest absolute Gasteiger partial charge is 0.497 e. The van der Waals surface area contributed by atoms with E-state index in [1.165, 1.54) is 16.3 Å². The molecule has 1 fully saturated rings. The third kappa shape index (κ3) is 3.75. The number of methoxy groups -OCH3 is 1. The number of hydrogen-bond acceptors (Lipinski definition) is 2. The Labute approximate surface area is 159 Å². The first kappa shape index (κ1) is 17.4. The number of fused-ring (bicyclic) bond motifs is 1. The maximum Gasteiger partial charge on any atom is 0.317 e. The number of amides is 2. The summed E-state index contributed by atoms with van der Waals surface area (Å²) in [6.45, 7) is 2.09. The molecule has 0 aliphatic carbocycles. The second kappa shape index (κ2) is 7.70. The number of rotatable bonds is 4. The predicted molar refractivity (Wildman–Crippen MR) is 108 cm³/mol. The van der Waals surface area contributed by atoms with Gasteiger partial charge in [0.05, 0.1) is 7.11 Å². The molecule has 4 rings (SSSR count). The van der Waals surface area contributed by atoms with Gasteiger partial charge in [-0.2, -0.15) is 0 Å². The maximum absolute atomic E-state index is 12.6. The summed E-state index contributed by atoms with van der Waals surface area (Å²) in [7, 11) is 1.67. The van der Waals surface area contributed by atoms with Gasteiger partial charge in [-0.25, -0.2) is 4.79 Å². The molecule has 1 saturated heterocycles. The van der Waals surface area contributed by atoms with E-state index in [1.807, 2.05) is 35.2 Å². The molecule has 0 aromatic heterocycles. The molecule has 1 heterocycles. The predicted octanol–water partition coefficient (Wildman–Crippen LogP) is 4.55. The molecule has 3 aromatic carbocycles. The van der Waals surface area contributed by atoms with Gasteiger partial charge in [0.1, 0.15) is 5.75 Å². The van der Waals surface area contributed by atoms with Crippen molar-refractivity contribution in [3.8, 4) is 5.75 Å². The smallest absolute Gasteiger partial charge is 0.317 e. The van der Waals surface area contributed by atoms with Crippen molar-refractivity contribution >= 4 is 16.8 Å². The molecule has 4 heteroatoms. The van der Waals surface area contributed by atoms with Crippen LogP contribution in [0.1, 0.15) is 23.5 Å². The minimum absolute atomic E-state index is 0.0129. The van der Waals surface area contributed by atoms with Gasteiger partial charge in [0.2, 0.25) is 0 Å². The minimum Gasteiger partial charge on any atom is -0.497 e. The maximum atomic E-state index is 12.6. The summed E-state index contributed by atoms with van der Waals surface area (Å²) in [5, 5.41) is 5.48. The highest BCUT2D eigenvalue weighted by atomic mass is 16.5. The first-order chi connectivity index (χ1) is 13.2. The van der Waals surface area contributed by atoms with Gasteiger partial charge in [-0.1, -0.05) is 54.6 Å². The van der Waals surface area contributed by atoms with Crippen LogP contribution in [0.5, 0.6) is 5.75 Å². The number of ether oxygens (including phenoxy) is 1. The Bertz CT molecular complexity index is 931. The minimum atomic E-state index is 0.0129. The first-order valence-electron chi connectivity index (χ1n) is 9.38. The fourth-order valence-electron chi connectivity index (χ4n) is 3.82. The Morgan fingerprint density at radius 3 is 2.67 bits per heavy atom. The van der Waals surface area contributed by atoms with Crippen molar-refractivity contribution in [2.45, 2.75) is 18.9 Å². The lowest BCUT2D eigenvalue weighted by atomic mass is 9.98. The Hall–Kier alpha value is -3.01. The molecule has 1 N–H and O–H groups in total. The van der Waals surface area contributed by atoms with Gasteiger partial charge in [-0.05, 0) is 40.5 Å². The van der Waals surface area contributed by atoms with E-state index < -0.39 is 0 Å². The van der Waals surface area contributed by atoms with Gasteiger partial charge < -0.3 is 15.0 Å². The second-order valence-corrected chi connectivity index (χ2v) is 7.00. The van der Waals surface area contributed by atoms with Crippen molar-refractivity contribution in [3.05, 3.63) is 77.9 Å². The molecule has 0 saturated carbocycles. The van der Waals surface area contributed by atoms with Gasteiger partial charge in [0, 0.05) is 25.6 Å². The molecular weight excluding hydrogens is 336 g/mol. The quantitative estimate of drug-likeness (QED) is 0.742. The number of urea groups is 1. The number of nitrogens with one attached hydrogen (secondary N) is 1. The summed E-state index contributed by atoms with van der Waals surface area (Å²) < 4.78 is 5.22. The molecule has 2 amide bonds. The molecule has 0 bridgehead atoms. The van der Waals surface area contributed by atoms with E-state index in [0.717, 1.165) is 30.8 Å². The van der Waals surface area contributed by atoms with Crippen LogP contribution in [0.3, 0.4) is 0 Å². The summed E-state index contributed by atoms with van der Waals surface area (Å²) in [5.41, 5.74) is 2.41. The SMILES string of the molecule is COc1ccc(C2CCN(C(=O)NCc3cccc4ccccc34)C2)cc1. The van der Waals surface area contributed by atoms with E-state index >= 15 is 0 Å². The van der Waals surface area contributed by atoms with Gasteiger partial charge in [0.25, 0.3) is 0 Å². The molecule has 1 atom stereocenters. The number of likely N-dealkylation sites (tertiary alicyclic amines) is 1. The summed E-state index contributed by atoms with van der Waals surface area (Å²) in [5.74, 6) is 1.25. The van der Waals surface area contributed by atoms with Gasteiger partial charge in [-0.3, -0.25) is 0 Å². The summed E-state index contributed by atoms with van der Waals surface area (Å²) in [6.07, 6.45) is 0.994. The lowest BCUT2D eigenvalue weighted by molar-refractivity contribution is 0.208. The fraction of sp³-hybridized carbons (Fsp3) is 0.261. The highest BCUT2D eigenvalue weighted by Gasteiger charge is 2.27. The van der Waals surface area contributed by atoms with Crippen LogP contribution >= 0.6 is 0 Å². The summed E-state index contributed by atoms with van der Waals surface area (Å²) in [6, 6.07) is 22.7. The van der Waals surface area contributed by atoms with Gasteiger partial charge >= 0.3 is 6.03 Å². The molecule has 0 spiro atoms. The second-order valence-electron chi connectivity index (χ2n) is 7.00. The van der Waals surface area contributed by atoms with E-state index in [0.29, 0.717) is 12.5 Å². The van der Waals surface area contributed by atoms with Crippen molar-refractivity contribution in [3.63, 3.8) is 0 Å². The first-order valence-corrected chi connectivity index (χ1v) is 9.38. The third-order valence-electron chi connectivity index (χ3n) is 5.37. The van der Waals surface area contributed by atoms with E-state index in [9.17, 15) is 4.79 Å². The molecule has 27 heavy (non-hydrogen) atoms. The van der Waals surface area contributed by atoms with Crippen LogP contribution < -0.4 is 10.1 Å². The zero-order valence-electron chi connectivity index (χ0n) is 15.5. The summed E-state index contributed by atoms with van der Waals surface area (Å²) >= 11 is 0. The third-order valence-corrected chi connectivity index (χ3v) is 5.37. The van der Waals surface area contributed by atoms with Crippen LogP contribution in [-0.2, 0) is 6.54 Å². The van der Waals surface area contributed by atoms with Gasteiger partial charge in [0.15, 0.2) is 0 Å². The Morgan fingerprint density at radius 1 is 1.07 bits per heavy atom. The van der Waals surface area contributed by atoms with Crippen LogP contribution in [0.25, 0.3) is 10.8 Å². The zero-order valence-corrected chi connectivity index (χ0v) is 15.5. The normalized spacial score (nSPS) is 16.5. The molecular formula is C23H24N2O2. The van der Waals surface area contributed by atoms with Crippen LogP contribution in [0.4, 0.5) is 4.79 Å². The highest BCUT2D eigenvalue weighted by Crippen LogP contribution is 2.28. The van der Waals surface area contributed by atoms with E-state index in [4.69, 9.17) is 4.74 Å². The Morgan fingerprint density at radius 2 is 1.85 bits per heavy atom. The molecule has 1 aliphatic rings. The Kier molecular flexibility index (Phi) is 4.97. The number of nitrogens with zero attached hydrogens (tertiary/aromatic N) is 1. The van der Waals surface area contributed by atoms with Crippen molar-refractivity contribution in [1.82, 2.24) is 10.2 Å². The average Bonchev–Trinajstić information content (AvgIpc) is 3.22. The van der Waals surface area contributed by atoms with Crippen LogP contribution in [0.2, 0.25) is 0 Å². The van der Waals surface area contributed by atoms with Crippen LogP contribution in [0, 0.1) is 0 Å². The van der Waals surface area contributed by atoms with Crippen LogP contribution in [-0.4, -0.2) is 31.1 Å². The standard InChI is InChI=1S/C23H24N2O2/c1-27-21-11-9-17(10-12-21)20-13-14-25(16-20)23(26)24-15-19-7-4-6-18-5-2-3-8-22(18)19/h2-12,20H,13-16H2,1H3,(H,24,26). The molecule has 1 aliphatic heterocycles. The number of hydrogen-bond donors (Lipinski definition) is 1. The van der Waals surface area contributed by atoms with E-state index in [1.54, 1.807) is 7.11 Å². The molecule has 0 radical (unpaired) electrons. The summed E-state index contributed by atoms with van der Waals surface area (Å²) in [4.78, 5) is 14.5. The molecule has 3 aromatic rings. The highest BCUT2D eigenvalue weighted by molar-refractivity contribution is 5.86. The van der Waals surface area contributed by atoms with Crippen molar-refractivity contribution in [2.75, 3.05) is 20.2 Å². The number of carbonyl (C=O) groups excluding carboxylic acids is 1. The fourth-order valence-corrected chi connectivity index (χ4v) is 3.82. The van der Waals surface area contributed by atoms with Crippen molar-refractivity contribution in [1.29, 1.82) is 0 Å². The molecule has 4 nitrogen and oxygen atoms in total. The van der Waals surface area contributed by atoms with Crippen molar-refractivity contribution in [2.24, 2.45) is 0 Å². The van der Waals surface area contributed by atoms with Gasteiger partial charge in [-0.15, -0.1) is 0 Å². The Balaban J connectivity index is 1.37. The molecule has 1 unspecified atom stereocenters. The number of carbonyl (C=O) groups is 1. The van der Waals surface area contributed by atoms with E-state index in [-0.39, 0.29) is 6.03 Å².